The van der Waals surface area contributed by atoms with Crippen molar-refractivity contribution in [3.63, 3.8) is 0 Å². The summed E-state index contributed by atoms with van der Waals surface area (Å²) in [6.07, 6.45) is 0. The first-order chi connectivity index (χ1) is 8.84. The van der Waals surface area contributed by atoms with Gasteiger partial charge in [-0.05, 0) is 23.9 Å². The number of piperazine rings is 1. The SMILES string of the molecule is CC.ClN1CCN(c2n[nH]c3ccccc23)CC1. The Balaban J connectivity index is 0.000000574. The summed E-state index contributed by atoms with van der Waals surface area (Å²) >= 11 is 5.94. The van der Waals surface area contributed by atoms with E-state index in [1.54, 1.807) is 0 Å². The van der Waals surface area contributed by atoms with Crippen LogP contribution in [0, 0.1) is 0 Å². The van der Waals surface area contributed by atoms with Gasteiger partial charge in [0.1, 0.15) is 0 Å². The number of nitrogens with one attached hydrogen (secondary N) is 1. The van der Waals surface area contributed by atoms with Crippen molar-refractivity contribution >= 4 is 28.5 Å². The van der Waals surface area contributed by atoms with Crippen LogP contribution < -0.4 is 4.90 Å². The van der Waals surface area contributed by atoms with Crippen molar-refractivity contribution in [3.8, 4) is 0 Å². The summed E-state index contributed by atoms with van der Waals surface area (Å²) < 4.78 is 1.82. The van der Waals surface area contributed by atoms with E-state index < -0.39 is 0 Å². The van der Waals surface area contributed by atoms with E-state index in [2.05, 4.69) is 21.2 Å². The van der Waals surface area contributed by atoms with Gasteiger partial charge in [-0.2, -0.15) is 5.10 Å². The molecule has 2 heterocycles. The van der Waals surface area contributed by atoms with Crippen LogP contribution >= 0.6 is 11.8 Å². The van der Waals surface area contributed by atoms with Crippen LogP contribution in [0.25, 0.3) is 10.9 Å². The highest BCUT2D eigenvalue weighted by molar-refractivity contribution is 6.13. The van der Waals surface area contributed by atoms with E-state index in [4.69, 9.17) is 11.8 Å². The summed E-state index contributed by atoms with van der Waals surface area (Å²) in [4.78, 5) is 2.28. The van der Waals surface area contributed by atoms with E-state index in [9.17, 15) is 0 Å². The number of hydrogen-bond acceptors (Lipinski definition) is 3. The molecule has 0 spiro atoms. The van der Waals surface area contributed by atoms with E-state index in [1.165, 1.54) is 5.39 Å². The van der Waals surface area contributed by atoms with Crippen molar-refractivity contribution < 1.29 is 0 Å². The Morgan fingerprint density at radius 2 is 1.78 bits per heavy atom. The normalized spacial score (nSPS) is 16.5. The number of rotatable bonds is 1. The summed E-state index contributed by atoms with van der Waals surface area (Å²) in [6, 6.07) is 8.20. The Kier molecular flexibility index (Phi) is 4.44. The Bertz CT molecular complexity index is 488. The van der Waals surface area contributed by atoms with Gasteiger partial charge in [-0.1, -0.05) is 26.0 Å². The number of H-pyrrole nitrogens is 1. The molecule has 3 rings (SSSR count). The predicted molar refractivity (Wildman–Crippen MR) is 77.1 cm³/mol. The summed E-state index contributed by atoms with van der Waals surface area (Å²) in [7, 11) is 0. The lowest BCUT2D eigenvalue weighted by atomic mass is 10.2. The second-order valence-electron chi connectivity index (χ2n) is 3.99. The zero-order valence-electron chi connectivity index (χ0n) is 10.9. The molecule has 0 bridgehead atoms. The molecule has 0 amide bonds. The lowest BCUT2D eigenvalue weighted by Crippen LogP contribution is -2.42. The molecule has 0 unspecified atom stereocenters. The van der Waals surface area contributed by atoms with Gasteiger partial charge in [0, 0.05) is 31.6 Å². The van der Waals surface area contributed by atoms with E-state index >= 15 is 0 Å². The Morgan fingerprint density at radius 3 is 2.50 bits per heavy atom. The Morgan fingerprint density at radius 1 is 1.11 bits per heavy atom. The fourth-order valence-electron chi connectivity index (χ4n) is 2.08. The molecule has 1 aromatic heterocycles. The maximum Gasteiger partial charge on any atom is 0.158 e. The minimum Gasteiger partial charge on any atom is -0.352 e. The van der Waals surface area contributed by atoms with Gasteiger partial charge < -0.3 is 4.90 Å². The number of halogens is 1. The molecule has 1 saturated heterocycles. The van der Waals surface area contributed by atoms with Crippen molar-refractivity contribution in [2.45, 2.75) is 13.8 Å². The molecule has 1 fully saturated rings. The van der Waals surface area contributed by atoms with Crippen molar-refractivity contribution in [2.24, 2.45) is 0 Å². The quantitative estimate of drug-likeness (QED) is 0.806. The molecule has 0 atom stereocenters. The molecule has 1 aliphatic rings. The molecular weight excluding hydrogens is 248 g/mol. The third kappa shape index (κ3) is 2.60. The highest BCUT2D eigenvalue weighted by Crippen LogP contribution is 2.24. The number of fused-ring (bicyclic) bond motifs is 1. The number of anilines is 1. The van der Waals surface area contributed by atoms with Gasteiger partial charge in [-0.25, -0.2) is 4.42 Å². The maximum atomic E-state index is 5.94. The molecule has 98 valence electrons. The molecule has 1 aliphatic heterocycles. The van der Waals surface area contributed by atoms with Crippen molar-refractivity contribution in [3.05, 3.63) is 24.3 Å². The highest BCUT2D eigenvalue weighted by Gasteiger charge is 2.19. The molecule has 0 aliphatic carbocycles. The van der Waals surface area contributed by atoms with Gasteiger partial charge in [0.2, 0.25) is 0 Å². The van der Waals surface area contributed by atoms with Crippen molar-refractivity contribution in [1.82, 2.24) is 14.6 Å². The summed E-state index contributed by atoms with van der Waals surface area (Å²) in [6.45, 7) is 7.61. The first kappa shape index (κ1) is 13.2. The summed E-state index contributed by atoms with van der Waals surface area (Å²) in [5, 5.41) is 8.63. The van der Waals surface area contributed by atoms with Crippen LogP contribution in [0.4, 0.5) is 5.82 Å². The van der Waals surface area contributed by atoms with Crippen LogP contribution in [0.2, 0.25) is 0 Å². The number of benzene rings is 1. The van der Waals surface area contributed by atoms with E-state index in [1.807, 2.05) is 36.5 Å². The summed E-state index contributed by atoms with van der Waals surface area (Å²) in [5.41, 5.74) is 1.09. The fraction of sp³-hybridized carbons (Fsp3) is 0.462. The smallest absolute Gasteiger partial charge is 0.158 e. The number of hydrogen-bond donors (Lipinski definition) is 1. The number of aromatic nitrogens is 2. The summed E-state index contributed by atoms with van der Waals surface area (Å²) in [5.74, 6) is 1.04. The molecule has 0 saturated carbocycles. The lowest BCUT2D eigenvalue weighted by Gasteiger charge is -2.30. The van der Waals surface area contributed by atoms with Crippen LogP contribution in [0.15, 0.2) is 24.3 Å². The number of aromatic amines is 1. The highest BCUT2D eigenvalue weighted by atomic mass is 35.5. The van der Waals surface area contributed by atoms with Gasteiger partial charge in [0.25, 0.3) is 0 Å². The van der Waals surface area contributed by atoms with Gasteiger partial charge >= 0.3 is 0 Å². The first-order valence-electron chi connectivity index (χ1n) is 6.43. The van der Waals surface area contributed by atoms with Gasteiger partial charge in [0.05, 0.1) is 5.52 Å². The van der Waals surface area contributed by atoms with Crippen molar-refractivity contribution in [1.29, 1.82) is 0 Å². The molecular formula is C13H19ClN4. The van der Waals surface area contributed by atoms with Gasteiger partial charge in [-0.3, -0.25) is 5.10 Å². The van der Waals surface area contributed by atoms with E-state index in [0.29, 0.717) is 0 Å². The molecule has 2 aromatic rings. The maximum absolute atomic E-state index is 5.94. The van der Waals surface area contributed by atoms with Crippen molar-refractivity contribution in [2.75, 3.05) is 31.1 Å². The molecule has 1 N–H and O–H groups in total. The van der Waals surface area contributed by atoms with Crippen LogP contribution in [0.5, 0.6) is 0 Å². The number of nitrogens with zero attached hydrogens (tertiary/aromatic N) is 3. The van der Waals surface area contributed by atoms with Crippen LogP contribution in [0.3, 0.4) is 0 Å². The molecule has 1 aromatic carbocycles. The molecule has 5 heteroatoms. The van der Waals surface area contributed by atoms with Crippen LogP contribution in [-0.4, -0.2) is 40.8 Å². The van der Waals surface area contributed by atoms with E-state index in [-0.39, 0.29) is 0 Å². The first-order valence-corrected chi connectivity index (χ1v) is 6.77. The lowest BCUT2D eigenvalue weighted by molar-refractivity contribution is 0.415. The zero-order chi connectivity index (χ0) is 13.0. The second-order valence-corrected chi connectivity index (χ2v) is 4.47. The molecule has 4 nitrogen and oxygen atoms in total. The standard InChI is InChI=1S/C11H13ClN4.C2H6/c12-16-7-5-15(6-8-16)11-9-3-1-2-4-10(9)13-14-11;1-2/h1-4H,5-8H2,(H,13,14);1-2H3. The monoisotopic (exact) mass is 266 g/mol. The van der Waals surface area contributed by atoms with Crippen LogP contribution in [-0.2, 0) is 0 Å². The average Bonchev–Trinajstić information content (AvgIpc) is 2.86. The Labute approximate surface area is 113 Å². The minimum absolute atomic E-state index is 0.878. The predicted octanol–water partition coefficient (Wildman–Crippen LogP) is 2.86. The van der Waals surface area contributed by atoms with E-state index in [0.717, 1.165) is 37.5 Å². The zero-order valence-corrected chi connectivity index (χ0v) is 11.6. The topological polar surface area (TPSA) is 35.2 Å². The minimum atomic E-state index is 0.878. The fourth-order valence-corrected chi connectivity index (χ4v) is 2.24. The number of para-hydroxylation sites is 1. The largest absolute Gasteiger partial charge is 0.352 e. The third-order valence-electron chi connectivity index (χ3n) is 2.97. The van der Waals surface area contributed by atoms with Crippen LogP contribution in [0.1, 0.15) is 13.8 Å². The second kappa shape index (κ2) is 6.07. The molecule has 0 radical (unpaired) electrons. The van der Waals surface area contributed by atoms with Gasteiger partial charge in [0.15, 0.2) is 5.82 Å². The third-order valence-corrected chi connectivity index (χ3v) is 3.31. The Hall–Kier alpha value is -1.26. The molecule has 18 heavy (non-hydrogen) atoms. The average molecular weight is 267 g/mol. The van der Waals surface area contributed by atoms with Gasteiger partial charge in [-0.15, -0.1) is 0 Å².